The topological polar surface area (TPSA) is 78.5 Å². The maximum Gasteiger partial charge on any atom is 0.278 e. The number of nitrogens with one attached hydrogen (secondary N) is 2. The van der Waals surface area contributed by atoms with Gasteiger partial charge in [0, 0.05) is 17.8 Å². The fourth-order valence-electron chi connectivity index (χ4n) is 3.35. The van der Waals surface area contributed by atoms with Gasteiger partial charge in [-0.2, -0.15) is 0 Å². The molecule has 1 heterocycles. The molecular weight excluding hydrogens is 497 g/mol. The lowest BCUT2D eigenvalue weighted by Gasteiger charge is -2.15. The lowest BCUT2D eigenvalue weighted by atomic mass is 10.1. The third kappa shape index (κ3) is 5.25. The highest BCUT2D eigenvalue weighted by Gasteiger charge is 2.37. The summed E-state index contributed by atoms with van der Waals surface area (Å²) in [5.41, 5.74) is 2.64. The number of anilines is 1. The molecule has 0 radical (unpaired) electrons. The third-order valence-electron chi connectivity index (χ3n) is 5.16. The van der Waals surface area contributed by atoms with Gasteiger partial charge in [-0.15, -0.1) is 0 Å². The molecule has 0 saturated carbocycles. The number of hydrogen-bond acceptors (Lipinski definition) is 4. The Kier molecular flexibility index (Phi) is 7.22. The van der Waals surface area contributed by atoms with Crippen molar-refractivity contribution < 1.29 is 14.4 Å². The first-order chi connectivity index (χ1) is 16.3. The molecule has 0 spiro atoms. The van der Waals surface area contributed by atoms with E-state index in [1.54, 1.807) is 42.5 Å². The Morgan fingerprint density at radius 2 is 1.50 bits per heavy atom. The van der Waals surface area contributed by atoms with Crippen LogP contribution in [0.2, 0.25) is 10.0 Å². The monoisotopic (exact) mass is 513 g/mol. The molecule has 3 amide bonds. The second-order valence-corrected chi connectivity index (χ2v) is 8.70. The zero-order chi connectivity index (χ0) is 24.2. The SMILES string of the molecule is O=C(Nc1ccc(Cl)c(Cl)c1)c1ccc(CNC2=C(Cl)C(=O)N(Cc3ccccc3)C2=O)cc1. The van der Waals surface area contributed by atoms with Crippen LogP contribution in [0.4, 0.5) is 5.69 Å². The number of amides is 3. The molecule has 6 nitrogen and oxygen atoms in total. The third-order valence-corrected chi connectivity index (χ3v) is 6.25. The van der Waals surface area contributed by atoms with Gasteiger partial charge in [0.05, 0.1) is 16.6 Å². The largest absolute Gasteiger partial charge is 0.375 e. The van der Waals surface area contributed by atoms with Gasteiger partial charge in [0.2, 0.25) is 0 Å². The van der Waals surface area contributed by atoms with Crippen LogP contribution in [0.25, 0.3) is 0 Å². The van der Waals surface area contributed by atoms with Crippen LogP contribution < -0.4 is 10.6 Å². The Balaban J connectivity index is 1.37. The van der Waals surface area contributed by atoms with Crippen molar-refractivity contribution in [3.8, 4) is 0 Å². The quantitative estimate of drug-likeness (QED) is 0.416. The average Bonchev–Trinajstić information content (AvgIpc) is 3.04. The zero-order valence-electron chi connectivity index (χ0n) is 17.6. The summed E-state index contributed by atoms with van der Waals surface area (Å²) in [5.74, 6) is -1.32. The number of carbonyl (C=O) groups is 3. The first-order valence-electron chi connectivity index (χ1n) is 10.2. The van der Waals surface area contributed by atoms with Crippen LogP contribution in [-0.2, 0) is 22.7 Å². The Labute approximate surface area is 211 Å². The summed E-state index contributed by atoms with van der Waals surface area (Å²) in [7, 11) is 0. The lowest BCUT2D eigenvalue weighted by Crippen LogP contribution is -2.33. The maximum absolute atomic E-state index is 12.7. The van der Waals surface area contributed by atoms with Crippen molar-refractivity contribution in [3.05, 3.63) is 110 Å². The maximum atomic E-state index is 12.7. The molecule has 0 unspecified atom stereocenters. The van der Waals surface area contributed by atoms with E-state index in [9.17, 15) is 14.4 Å². The molecule has 0 aliphatic carbocycles. The van der Waals surface area contributed by atoms with E-state index in [-0.39, 0.29) is 29.7 Å². The molecule has 0 bridgehead atoms. The number of rotatable bonds is 7. The Morgan fingerprint density at radius 1 is 0.794 bits per heavy atom. The number of hydrogen-bond donors (Lipinski definition) is 2. The Bertz CT molecular complexity index is 1290. The minimum atomic E-state index is -0.535. The Hall–Kier alpha value is -3.32. The second kappa shape index (κ2) is 10.3. The minimum Gasteiger partial charge on any atom is -0.375 e. The van der Waals surface area contributed by atoms with Gasteiger partial charge >= 0.3 is 0 Å². The number of imide groups is 1. The van der Waals surface area contributed by atoms with Crippen molar-refractivity contribution in [1.82, 2.24) is 10.2 Å². The summed E-state index contributed by atoms with van der Waals surface area (Å²) < 4.78 is 0. The van der Waals surface area contributed by atoms with Gasteiger partial charge in [-0.1, -0.05) is 77.3 Å². The van der Waals surface area contributed by atoms with E-state index in [2.05, 4.69) is 10.6 Å². The van der Waals surface area contributed by atoms with Gasteiger partial charge in [-0.05, 0) is 41.5 Å². The molecule has 1 aliphatic heterocycles. The Morgan fingerprint density at radius 3 is 2.18 bits per heavy atom. The fourth-order valence-corrected chi connectivity index (χ4v) is 3.90. The molecule has 0 fully saturated rings. The molecule has 9 heteroatoms. The molecule has 34 heavy (non-hydrogen) atoms. The molecule has 3 aromatic rings. The van der Waals surface area contributed by atoms with Gasteiger partial charge in [0.25, 0.3) is 17.7 Å². The summed E-state index contributed by atoms with van der Waals surface area (Å²) in [5, 5.41) is 6.31. The predicted octanol–water partition coefficient (Wildman–Crippen LogP) is 5.35. The van der Waals surface area contributed by atoms with Crippen LogP contribution in [0.3, 0.4) is 0 Å². The van der Waals surface area contributed by atoms with E-state index < -0.39 is 11.8 Å². The fraction of sp³-hybridized carbons (Fsp3) is 0.0800. The summed E-state index contributed by atoms with van der Waals surface area (Å²) in [4.78, 5) is 38.8. The normalized spacial score (nSPS) is 13.4. The van der Waals surface area contributed by atoms with Gasteiger partial charge in [-0.3, -0.25) is 19.3 Å². The highest BCUT2D eigenvalue weighted by molar-refractivity contribution is 6.47. The molecule has 3 aromatic carbocycles. The van der Waals surface area contributed by atoms with Crippen molar-refractivity contribution in [2.24, 2.45) is 0 Å². The highest BCUT2D eigenvalue weighted by Crippen LogP contribution is 2.26. The van der Waals surface area contributed by atoms with E-state index in [1.165, 1.54) is 0 Å². The number of halogens is 3. The van der Waals surface area contributed by atoms with Crippen LogP contribution in [-0.4, -0.2) is 22.6 Å². The molecule has 4 rings (SSSR count). The summed E-state index contributed by atoms with van der Waals surface area (Å²) in [6.45, 7) is 0.390. The summed E-state index contributed by atoms with van der Waals surface area (Å²) in [6, 6.07) is 20.8. The van der Waals surface area contributed by atoms with Gasteiger partial charge < -0.3 is 10.6 Å². The molecular formula is C25H18Cl3N3O3. The number of nitrogens with zero attached hydrogens (tertiary/aromatic N) is 1. The average molecular weight is 515 g/mol. The minimum absolute atomic E-state index is 0.0593. The lowest BCUT2D eigenvalue weighted by molar-refractivity contribution is -0.138. The molecule has 172 valence electrons. The van der Waals surface area contributed by atoms with Crippen LogP contribution in [0, 0.1) is 0 Å². The highest BCUT2D eigenvalue weighted by atomic mass is 35.5. The predicted molar refractivity (Wildman–Crippen MR) is 133 cm³/mol. The summed E-state index contributed by atoms with van der Waals surface area (Å²) in [6.07, 6.45) is 0. The van der Waals surface area contributed by atoms with Crippen LogP contribution >= 0.6 is 34.8 Å². The summed E-state index contributed by atoms with van der Waals surface area (Å²) >= 11 is 18.0. The van der Waals surface area contributed by atoms with E-state index in [0.717, 1.165) is 16.0 Å². The van der Waals surface area contributed by atoms with Crippen LogP contribution in [0.1, 0.15) is 21.5 Å². The zero-order valence-corrected chi connectivity index (χ0v) is 19.9. The standard InChI is InChI=1S/C25H18Cl3N3O3/c26-19-11-10-18(12-20(19)27)30-23(32)17-8-6-15(7-9-17)13-29-22-21(28)24(33)31(25(22)34)14-16-4-2-1-3-5-16/h1-12,29H,13-14H2,(H,30,32). The van der Waals surface area contributed by atoms with Crippen molar-refractivity contribution >= 4 is 58.2 Å². The van der Waals surface area contributed by atoms with Crippen molar-refractivity contribution in [1.29, 1.82) is 0 Å². The smallest absolute Gasteiger partial charge is 0.278 e. The van der Waals surface area contributed by atoms with E-state index in [1.807, 2.05) is 30.3 Å². The van der Waals surface area contributed by atoms with Crippen molar-refractivity contribution in [3.63, 3.8) is 0 Å². The van der Waals surface area contributed by atoms with Crippen molar-refractivity contribution in [2.45, 2.75) is 13.1 Å². The van der Waals surface area contributed by atoms with E-state index in [0.29, 0.717) is 21.3 Å². The second-order valence-electron chi connectivity index (χ2n) is 7.50. The van der Waals surface area contributed by atoms with Crippen LogP contribution in [0.5, 0.6) is 0 Å². The molecule has 2 N–H and O–H groups in total. The molecule has 0 saturated heterocycles. The van der Waals surface area contributed by atoms with Gasteiger partial charge in [-0.25, -0.2) is 0 Å². The van der Waals surface area contributed by atoms with Gasteiger partial charge in [0.1, 0.15) is 10.7 Å². The van der Waals surface area contributed by atoms with E-state index >= 15 is 0 Å². The number of benzene rings is 3. The molecule has 0 aromatic heterocycles. The van der Waals surface area contributed by atoms with Crippen LogP contribution in [0.15, 0.2) is 83.5 Å². The molecule has 0 atom stereocenters. The molecule has 1 aliphatic rings. The first kappa shape index (κ1) is 23.8. The van der Waals surface area contributed by atoms with Crippen molar-refractivity contribution in [2.75, 3.05) is 5.32 Å². The van der Waals surface area contributed by atoms with Gasteiger partial charge in [0.15, 0.2) is 0 Å². The van der Waals surface area contributed by atoms with E-state index in [4.69, 9.17) is 34.8 Å². The number of carbonyl (C=O) groups excluding carboxylic acids is 3. The first-order valence-corrected chi connectivity index (χ1v) is 11.4.